The molecule has 17 heavy (non-hydrogen) atoms. The van der Waals surface area contributed by atoms with Gasteiger partial charge in [0.25, 0.3) is 0 Å². The second-order valence-corrected chi connectivity index (χ2v) is 3.72. The minimum atomic E-state index is 0.489. The Morgan fingerprint density at radius 1 is 1.41 bits per heavy atom. The number of nitrogens with zero attached hydrogens (tertiary/aromatic N) is 2. The lowest BCUT2D eigenvalue weighted by Crippen LogP contribution is -2.08. The molecule has 0 radical (unpaired) electrons. The number of ether oxygens (including phenoxy) is 1. The van der Waals surface area contributed by atoms with Crippen LogP contribution in [0, 0.1) is 19.3 Å². The summed E-state index contributed by atoms with van der Waals surface area (Å²) in [4.78, 5) is 8.83. The molecular formula is C13H19N3O. The summed E-state index contributed by atoms with van der Waals surface area (Å²) in [5.74, 6) is 4.79. The molecule has 0 aliphatic carbocycles. The highest BCUT2D eigenvalue weighted by Crippen LogP contribution is 2.22. The van der Waals surface area contributed by atoms with Gasteiger partial charge in [0, 0.05) is 19.9 Å². The van der Waals surface area contributed by atoms with Gasteiger partial charge >= 0.3 is 0 Å². The number of aryl methyl sites for hydroxylation is 1. The van der Waals surface area contributed by atoms with Crippen LogP contribution in [0.15, 0.2) is 0 Å². The molecule has 0 aliphatic heterocycles. The molecule has 1 aromatic rings. The van der Waals surface area contributed by atoms with Gasteiger partial charge in [-0.3, -0.25) is 0 Å². The van der Waals surface area contributed by atoms with E-state index in [-0.39, 0.29) is 0 Å². The van der Waals surface area contributed by atoms with Gasteiger partial charge in [0.2, 0.25) is 5.88 Å². The zero-order chi connectivity index (χ0) is 12.7. The molecule has 0 saturated carbocycles. The summed E-state index contributed by atoms with van der Waals surface area (Å²) >= 11 is 0. The number of hydrogen-bond acceptors (Lipinski definition) is 4. The molecule has 0 aliphatic rings. The first-order valence-corrected chi connectivity index (χ1v) is 5.84. The highest BCUT2D eigenvalue weighted by atomic mass is 16.5. The predicted molar refractivity (Wildman–Crippen MR) is 69.3 cm³/mol. The zero-order valence-corrected chi connectivity index (χ0v) is 10.7. The summed E-state index contributed by atoms with van der Waals surface area (Å²) in [6.45, 7) is 4.52. The van der Waals surface area contributed by atoms with Gasteiger partial charge in [-0.2, -0.15) is 4.98 Å². The first-order valence-electron chi connectivity index (χ1n) is 5.84. The smallest absolute Gasteiger partial charge is 0.221 e. The molecule has 1 rings (SSSR count). The Morgan fingerprint density at radius 3 is 2.76 bits per heavy atom. The van der Waals surface area contributed by atoms with E-state index in [9.17, 15) is 0 Å². The first-order chi connectivity index (χ1) is 8.22. The molecule has 0 spiro atoms. The summed E-state index contributed by atoms with van der Waals surface area (Å²) < 4.78 is 5.57. The number of nitrogens with one attached hydrogen (secondary N) is 1. The first kappa shape index (κ1) is 13.3. The highest BCUT2D eigenvalue weighted by molar-refractivity contribution is 5.48. The van der Waals surface area contributed by atoms with E-state index in [2.05, 4.69) is 28.1 Å². The molecule has 0 amide bonds. The van der Waals surface area contributed by atoms with Crippen molar-refractivity contribution in [3.05, 3.63) is 11.4 Å². The van der Waals surface area contributed by atoms with Crippen molar-refractivity contribution in [3.8, 4) is 18.2 Å². The standard InChI is InChI=1S/C13H19N3O/c1-5-7-9-17-13-10(3)12(14-4)15-11(16-13)8-6-2/h1H,6-9H2,2-4H3,(H,14,15,16). The third-order valence-corrected chi connectivity index (χ3v) is 2.34. The van der Waals surface area contributed by atoms with E-state index in [1.54, 1.807) is 0 Å². The van der Waals surface area contributed by atoms with Gasteiger partial charge in [-0.25, -0.2) is 4.98 Å². The molecular weight excluding hydrogens is 214 g/mol. The van der Waals surface area contributed by atoms with Crippen LogP contribution in [0.25, 0.3) is 0 Å². The Morgan fingerprint density at radius 2 is 2.18 bits per heavy atom. The van der Waals surface area contributed by atoms with Crippen LogP contribution in [0.4, 0.5) is 5.82 Å². The summed E-state index contributed by atoms with van der Waals surface area (Å²) in [6.07, 6.45) is 7.63. The van der Waals surface area contributed by atoms with Crippen LogP contribution in [0.5, 0.6) is 5.88 Å². The summed E-state index contributed by atoms with van der Waals surface area (Å²) in [7, 11) is 1.84. The van der Waals surface area contributed by atoms with Crippen molar-refractivity contribution in [2.24, 2.45) is 0 Å². The molecule has 4 heteroatoms. The summed E-state index contributed by atoms with van der Waals surface area (Å²) in [6, 6.07) is 0. The topological polar surface area (TPSA) is 47.0 Å². The molecule has 0 bridgehead atoms. The van der Waals surface area contributed by atoms with E-state index < -0.39 is 0 Å². The van der Waals surface area contributed by atoms with E-state index >= 15 is 0 Å². The van der Waals surface area contributed by atoms with E-state index in [1.807, 2.05) is 14.0 Å². The van der Waals surface area contributed by atoms with Gasteiger partial charge < -0.3 is 10.1 Å². The maximum Gasteiger partial charge on any atom is 0.221 e. The Labute approximate surface area is 103 Å². The third-order valence-electron chi connectivity index (χ3n) is 2.34. The summed E-state index contributed by atoms with van der Waals surface area (Å²) in [5, 5.41) is 3.05. The molecule has 4 nitrogen and oxygen atoms in total. The van der Waals surface area contributed by atoms with Crippen LogP contribution in [-0.4, -0.2) is 23.6 Å². The number of hydrogen-bond donors (Lipinski definition) is 1. The molecule has 0 unspecified atom stereocenters. The SMILES string of the molecule is C#CCCOc1nc(CCC)nc(NC)c1C. The van der Waals surface area contributed by atoms with Crippen LogP contribution in [0.3, 0.4) is 0 Å². The van der Waals surface area contributed by atoms with Gasteiger partial charge in [0.1, 0.15) is 18.2 Å². The fraction of sp³-hybridized carbons (Fsp3) is 0.538. The molecule has 0 saturated heterocycles. The number of anilines is 1. The van der Waals surface area contributed by atoms with Crippen LogP contribution in [-0.2, 0) is 6.42 Å². The van der Waals surface area contributed by atoms with Crippen LogP contribution < -0.4 is 10.1 Å². The van der Waals surface area contributed by atoms with Crippen molar-refractivity contribution in [2.75, 3.05) is 19.0 Å². The second-order valence-electron chi connectivity index (χ2n) is 3.72. The quantitative estimate of drug-likeness (QED) is 0.604. The van der Waals surface area contributed by atoms with Crippen molar-refractivity contribution in [1.82, 2.24) is 9.97 Å². The predicted octanol–water partition coefficient (Wildman–Crippen LogP) is 2.18. The van der Waals surface area contributed by atoms with E-state index in [4.69, 9.17) is 11.2 Å². The van der Waals surface area contributed by atoms with Gasteiger partial charge in [-0.15, -0.1) is 12.3 Å². The normalized spacial score (nSPS) is 9.76. The van der Waals surface area contributed by atoms with E-state index in [0.717, 1.165) is 30.0 Å². The molecule has 0 fully saturated rings. The second kappa shape index (κ2) is 6.74. The highest BCUT2D eigenvalue weighted by Gasteiger charge is 2.10. The monoisotopic (exact) mass is 233 g/mol. The Balaban J connectivity index is 2.92. The maximum atomic E-state index is 5.57. The summed E-state index contributed by atoms with van der Waals surface area (Å²) in [5.41, 5.74) is 0.921. The minimum absolute atomic E-state index is 0.489. The molecule has 92 valence electrons. The van der Waals surface area contributed by atoms with Crippen LogP contribution in [0.1, 0.15) is 31.2 Å². The zero-order valence-electron chi connectivity index (χ0n) is 10.7. The van der Waals surface area contributed by atoms with Crippen molar-refractivity contribution in [2.45, 2.75) is 33.1 Å². The van der Waals surface area contributed by atoms with Crippen molar-refractivity contribution < 1.29 is 4.74 Å². The van der Waals surface area contributed by atoms with Crippen LogP contribution in [0.2, 0.25) is 0 Å². The van der Waals surface area contributed by atoms with Gasteiger partial charge in [-0.05, 0) is 13.3 Å². The van der Waals surface area contributed by atoms with E-state index in [0.29, 0.717) is 18.9 Å². The molecule has 1 heterocycles. The fourth-order valence-corrected chi connectivity index (χ4v) is 1.47. The Kier molecular flexibility index (Phi) is 5.28. The van der Waals surface area contributed by atoms with Gasteiger partial charge in [0.15, 0.2) is 0 Å². The Hall–Kier alpha value is -1.76. The van der Waals surface area contributed by atoms with Crippen LogP contribution >= 0.6 is 0 Å². The van der Waals surface area contributed by atoms with Crippen molar-refractivity contribution >= 4 is 5.82 Å². The average Bonchev–Trinajstić information content (AvgIpc) is 2.33. The van der Waals surface area contributed by atoms with Crippen molar-refractivity contribution in [1.29, 1.82) is 0 Å². The van der Waals surface area contributed by atoms with Crippen molar-refractivity contribution in [3.63, 3.8) is 0 Å². The lowest BCUT2D eigenvalue weighted by molar-refractivity contribution is 0.310. The number of terminal acetylenes is 1. The molecule has 0 atom stereocenters. The third kappa shape index (κ3) is 3.63. The van der Waals surface area contributed by atoms with Gasteiger partial charge in [-0.1, -0.05) is 6.92 Å². The largest absolute Gasteiger partial charge is 0.476 e. The Bertz CT molecular complexity index is 410. The minimum Gasteiger partial charge on any atom is -0.476 e. The van der Waals surface area contributed by atoms with Gasteiger partial charge in [0.05, 0.1) is 5.56 Å². The number of aromatic nitrogens is 2. The molecule has 1 N–H and O–H groups in total. The maximum absolute atomic E-state index is 5.57. The fourth-order valence-electron chi connectivity index (χ4n) is 1.47. The lowest BCUT2D eigenvalue weighted by atomic mass is 10.3. The molecule has 1 aromatic heterocycles. The number of rotatable bonds is 6. The average molecular weight is 233 g/mol. The van der Waals surface area contributed by atoms with E-state index in [1.165, 1.54) is 0 Å². The molecule has 0 aromatic carbocycles. The lowest BCUT2D eigenvalue weighted by Gasteiger charge is -2.12.